The van der Waals surface area contributed by atoms with Crippen LogP contribution in [0.3, 0.4) is 0 Å². The molecule has 0 fully saturated rings. The van der Waals surface area contributed by atoms with Crippen LogP contribution in [-0.4, -0.2) is 40.3 Å². The summed E-state index contributed by atoms with van der Waals surface area (Å²) in [5.74, 6) is 0. The fourth-order valence-electron chi connectivity index (χ4n) is 0.979. The van der Waals surface area contributed by atoms with Crippen LogP contribution in [0, 0.1) is 0 Å². The van der Waals surface area contributed by atoms with Gasteiger partial charge in [-0.1, -0.05) is 40.5 Å². The first-order chi connectivity index (χ1) is 8.24. The topological polar surface area (TPSA) is 36.1 Å². The molecule has 0 rings (SSSR count). The van der Waals surface area contributed by atoms with Gasteiger partial charge in [-0.15, -0.1) is 0 Å². The lowest BCUT2D eigenvalue weighted by atomic mass is 10.3. The van der Waals surface area contributed by atoms with E-state index in [0.717, 1.165) is 13.1 Å². The normalized spacial score (nSPS) is 8.82. The highest BCUT2D eigenvalue weighted by atomic mass is 14.8. The van der Waals surface area contributed by atoms with Gasteiger partial charge in [0.25, 0.3) is 0 Å². The summed E-state index contributed by atoms with van der Waals surface area (Å²) in [6, 6.07) is 0. The van der Waals surface area contributed by atoms with E-state index in [1.54, 1.807) is 0 Å². The van der Waals surface area contributed by atoms with Gasteiger partial charge in [-0.3, -0.25) is 0 Å². The number of rotatable bonds is 8. The van der Waals surface area contributed by atoms with Gasteiger partial charge in [0.15, 0.2) is 0 Å². The quantitative estimate of drug-likeness (QED) is 0.577. The Morgan fingerprint density at radius 3 is 1.18 bits per heavy atom. The molecule has 108 valence electrons. The van der Waals surface area contributed by atoms with Gasteiger partial charge in [0.2, 0.25) is 0 Å². The van der Waals surface area contributed by atoms with E-state index in [4.69, 9.17) is 0 Å². The maximum absolute atomic E-state index is 3.39. The molecule has 0 aromatic rings. The van der Waals surface area contributed by atoms with Crippen molar-refractivity contribution in [2.75, 3.05) is 40.3 Å². The summed E-state index contributed by atoms with van der Waals surface area (Å²) < 4.78 is 0. The van der Waals surface area contributed by atoms with Crippen LogP contribution in [0.2, 0.25) is 0 Å². The van der Waals surface area contributed by atoms with Crippen molar-refractivity contribution in [1.82, 2.24) is 16.0 Å². The lowest BCUT2D eigenvalue weighted by Gasteiger charge is -1.99. The predicted molar refractivity (Wildman–Crippen MR) is 81.9 cm³/mol. The van der Waals surface area contributed by atoms with Gasteiger partial charge in [0.1, 0.15) is 0 Å². The SMILES string of the molecule is CCCCNCCCC.CCNCC.CNC. The number of hydrogen-bond donors (Lipinski definition) is 3. The average Bonchev–Trinajstić information content (AvgIpc) is 2.32. The third kappa shape index (κ3) is 49.3. The summed E-state index contributed by atoms with van der Waals surface area (Å²) in [6.07, 6.45) is 5.26. The summed E-state index contributed by atoms with van der Waals surface area (Å²) in [5.41, 5.74) is 0. The average molecular weight is 247 g/mol. The Labute approximate surface area is 110 Å². The highest BCUT2D eigenvalue weighted by Crippen LogP contribution is 1.85. The molecule has 0 aromatic carbocycles. The molecule has 17 heavy (non-hydrogen) atoms. The summed E-state index contributed by atoms with van der Waals surface area (Å²) in [7, 11) is 3.75. The lowest BCUT2D eigenvalue weighted by molar-refractivity contribution is 0.611. The van der Waals surface area contributed by atoms with Crippen molar-refractivity contribution in [3.8, 4) is 0 Å². The second kappa shape index (κ2) is 29.7. The predicted octanol–water partition coefficient (Wildman–Crippen LogP) is 2.63. The second-order valence-corrected chi connectivity index (χ2v) is 3.91. The summed E-state index contributed by atoms with van der Waals surface area (Å²) in [4.78, 5) is 0. The van der Waals surface area contributed by atoms with E-state index in [1.807, 2.05) is 14.1 Å². The molecule has 0 aliphatic carbocycles. The van der Waals surface area contributed by atoms with Gasteiger partial charge < -0.3 is 16.0 Å². The minimum absolute atomic E-state index is 1.09. The summed E-state index contributed by atoms with van der Waals surface area (Å²) in [5, 5.41) is 9.25. The van der Waals surface area contributed by atoms with Crippen LogP contribution in [0.5, 0.6) is 0 Å². The Kier molecular flexibility index (Phi) is 38.6. The summed E-state index contributed by atoms with van der Waals surface area (Å²) in [6.45, 7) is 13.2. The van der Waals surface area contributed by atoms with E-state index in [1.165, 1.54) is 38.8 Å². The van der Waals surface area contributed by atoms with E-state index < -0.39 is 0 Å². The second-order valence-electron chi connectivity index (χ2n) is 3.91. The fraction of sp³-hybridized carbons (Fsp3) is 1.00. The lowest BCUT2D eigenvalue weighted by Crippen LogP contribution is -2.15. The van der Waals surface area contributed by atoms with Crippen molar-refractivity contribution in [1.29, 1.82) is 0 Å². The first-order valence-electron chi connectivity index (χ1n) is 7.24. The largest absolute Gasteiger partial charge is 0.323 e. The Bertz CT molecular complexity index is 79.5. The van der Waals surface area contributed by atoms with Gasteiger partial charge in [-0.2, -0.15) is 0 Å². The molecule has 0 unspecified atom stereocenters. The summed E-state index contributed by atoms with van der Waals surface area (Å²) >= 11 is 0. The monoisotopic (exact) mass is 247 g/mol. The zero-order chi connectivity index (χ0) is 13.8. The van der Waals surface area contributed by atoms with Crippen LogP contribution in [0.15, 0.2) is 0 Å². The number of hydrogen-bond acceptors (Lipinski definition) is 3. The molecule has 0 spiro atoms. The highest BCUT2D eigenvalue weighted by molar-refractivity contribution is 4.45. The van der Waals surface area contributed by atoms with E-state index in [2.05, 4.69) is 43.6 Å². The van der Waals surface area contributed by atoms with Gasteiger partial charge in [0, 0.05) is 0 Å². The van der Waals surface area contributed by atoms with Gasteiger partial charge in [-0.05, 0) is 53.1 Å². The van der Waals surface area contributed by atoms with Crippen molar-refractivity contribution >= 4 is 0 Å². The number of nitrogens with one attached hydrogen (secondary N) is 3. The van der Waals surface area contributed by atoms with Crippen molar-refractivity contribution in [3.05, 3.63) is 0 Å². The Morgan fingerprint density at radius 2 is 1.00 bits per heavy atom. The standard InChI is InChI=1S/C8H19N.C4H11N.C2H7N/c1-3-5-7-9-8-6-4-2;1-3-5-4-2;1-3-2/h9H,3-8H2,1-2H3;5H,3-4H2,1-2H3;3H,1-2H3. The van der Waals surface area contributed by atoms with Crippen LogP contribution < -0.4 is 16.0 Å². The Morgan fingerprint density at radius 1 is 0.647 bits per heavy atom. The smallest absolute Gasteiger partial charge is 0.00490 e. The zero-order valence-electron chi connectivity index (χ0n) is 13.2. The van der Waals surface area contributed by atoms with E-state index in [-0.39, 0.29) is 0 Å². The molecular formula is C14H37N3. The molecule has 0 saturated carbocycles. The number of unbranched alkanes of at least 4 members (excludes halogenated alkanes) is 2. The van der Waals surface area contributed by atoms with Crippen molar-refractivity contribution in [3.63, 3.8) is 0 Å². The molecule has 3 N–H and O–H groups in total. The van der Waals surface area contributed by atoms with Crippen LogP contribution in [0.25, 0.3) is 0 Å². The van der Waals surface area contributed by atoms with E-state index in [0.29, 0.717) is 0 Å². The van der Waals surface area contributed by atoms with Crippen molar-refractivity contribution in [2.45, 2.75) is 53.4 Å². The van der Waals surface area contributed by atoms with Crippen LogP contribution in [0.1, 0.15) is 53.4 Å². The molecule has 0 heterocycles. The van der Waals surface area contributed by atoms with E-state index >= 15 is 0 Å². The maximum atomic E-state index is 3.39. The highest BCUT2D eigenvalue weighted by Gasteiger charge is 1.83. The minimum atomic E-state index is 1.09. The molecule has 0 aromatic heterocycles. The molecule has 0 amide bonds. The molecule has 0 radical (unpaired) electrons. The van der Waals surface area contributed by atoms with Crippen molar-refractivity contribution < 1.29 is 0 Å². The van der Waals surface area contributed by atoms with Crippen LogP contribution in [0.4, 0.5) is 0 Å². The molecular weight excluding hydrogens is 210 g/mol. The fourth-order valence-corrected chi connectivity index (χ4v) is 0.979. The molecule has 0 saturated heterocycles. The third-order valence-electron chi connectivity index (χ3n) is 1.91. The Hall–Kier alpha value is -0.120. The zero-order valence-corrected chi connectivity index (χ0v) is 13.2. The first-order valence-corrected chi connectivity index (χ1v) is 7.24. The van der Waals surface area contributed by atoms with Gasteiger partial charge >= 0.3 is 0 Å². The van der Waals surface area contributed by atoms with Crippen LogP contribution >= 0.6 is 0 Å². The molecule has 0 bridgehead atoms. The van der Waals surface area contributed by atoms with Crippen molar-refractivity contribution in [2.24, 2.45) is 0 Å². The first kappa shape index (κ1) is 22.1. The molecule has 3 nitrogen and oxygen atoms in total. The molecule has 3 heteroatoms. The molecule has 0 atom stereocenters. The Balaban J connectivity index is -0.000000207. The third-order valence-corrected chi connectivity index (χ3v) is 1.91. The van der Waals surface area contributed by atoms with Gasteiger partial charge in [-0.25, -0.2) is 0 Å². The van der Waals surface area contributed by atoms with E-state index in [9.17, 15) is 0 Å². The molecule has 0 aliphatic heterocycles. The minimum Gasteiger partial charge on any atom is -0.323 e. The maximum Gasteiger partial charge on any atom is -0.00490 e. The molecule has 0 aliphatic rings. The van der Waals surface area contributed by atoms with Crippen LogP contribution in [-0.2, 0) is 0 Å². The van der Waals surface area contributed by atoms with Gasteiger partial charge in [0.05, 0.1) is 0 Å².